The lowest BCUT2D eigenvalue weighted by atomic mass is 10.1. The fourth-order valence-electron chi connectivity index (χ4n) is 2.01. The molecule has 118 valence electrons. The van der Waals surface area contributed by atoms with Crippen LogP contribution in [0.4, 0.5) is 5.69 Å². The summed E-state index contributed by atoms with van der Waals surface area (Å²) in [5.74, 6) is -1.61. The molecule has 8 heteroatoms. The maximum absolute atomic E-state index is 12.2. The Bertz CT molecular complexity index is 628. The Labute approximate surface area is 131 Å². The van der Waals surface area contributed by atoms with E-state index in [9.17, 15) is 14.4 Å². The van der Waals surface area contributed by atoms with Crippen LogP contribution in [0.1, 0.15) is 12.8 Å². The molecule has 3 N–H and O–H groups in total. The number of carboxylic acids is 1. The quantitative estimate of drug-likeness (QED) is 0.683. The van der Waals surface area contributed by atoms with Gasteiger partial charge in [0.05, 0.1) is 5.02 Å². The molecule has 1 aromatic rings. The van der Waals surface area contributed by atoms with Crippen molar-refractivity contribution in [2.45, 2.75) is 12.8 Å². The third-order valence-corrected chi connectivity index (χ3v) is 3.68. The van der Waals surface area contributed by atoms with Gasteiger partial charge >= 0.3 is 5.97 Å². The number of carbonyl (C=O) groups is 3. The van der Waals surface area contributed by atoms with E-state index in [-0.39, 0.29) is 22.6 Å². The van der Waals surface area contributed by atoms with E-state index in [1.165, 1.54) is 25.2 Å². The van der Waals surface area contributed by atoms with Gasteiger partial charge in [-0.3, -0.25) is 9.59 Å². The van der Waals surface area contributed by atoms with Crippen LogP contribution < -0.4 is 15.4 Å². The molecular weight excluding hydrogens is 312 g/mol. The number of hydrogen-bond donors (Lipinski definition) is 3. The number of carbonyl (C=O) groups excluding carboxylic acids is 2. The summed E-state index contributed by atoms with van der Waals surface area (Å²) < 4.78 is 4.99. The molecule has 1 fully saturated rings. The monoisotopic (exact) mass is 326 g/mol. The summed E-state index contributed by atoms with van der Waals surface area (Å²) in [4.78, 5) is 34.4. The lowest BCUT2D eigenvalue weighted by molar-refractivity contribution is -0.139. The zero-order chi connectivity index (χ0) is 16.3. The molecule has 1 aliphatic rings. The molecule has 0 radical (unpaired) electrons. The van der Waals surface area contributed by atoms with Crippen molar-refractivity contribution in [2.24, 2.45) is 5.41 Å². The molecule has 1 aromatic carbocycles. The largest absolute Gasteiger partial charge is 0.480 e. The SMILES string of the molecule is CNC(=O)C1(C(=O)Nc2ccc(OCC(=O)O)c(Cl)c2)CC1. The highest BCUT2D eigenvalue weighted by Crippen LogP contribution is 2.46. The lowest BCUT2D eigenvalue weighted by Gasteiger charge is -2.14. The molecule has 0 aromatic heterocycles. The molecule has 0 saturated heterocycles. The molecule has 0 unspecified atom stereocenters. The molecule has 0 heterocycles. The number of aliphatic carboxylic acids is 1. The fraction of sp³-hybridized carbons (Fsp3) is 0.357. The smallest absolute Gasteiger partial charge is 0.341 e. The molecule has 7 nitrogen and oxygen atoms in total. The minimum Gasteiger partial charge on any atom is -0.480 e. The van der Waals surface area contributed by atoms with Gasteiger partial charge in [0.1, 0.15) is 11.2 Å². The summed E-state index contributed by atoms with van der Waals surface area (Å²) in [5, 5.41) is 13.8. The number of hydrogen-bond acceptors (Lipinski definition) is 4. The molecule has 0 atom stereocenters. The number of nitrogens with one attached hydrogen (secondary N) is 2. The first kappa shape index (κ1) is 16.1. The van der Waals surface area contributed by atoms with Crippen molar-refractivity contribution in [1.82, 2.24) is 5.32 Å². The molecule has 22 heavy (non-hydrogen) atoms. The minimum atomic E-state index is -1.12. The van der Waals surface area contributed by atoms with Crippen LogP contribution >= 0.6 is 11.6 Å². The van der Waals surface area contributed by atoms with Gasteiger partial charge in [-0.05, 0) is 31.0 Å². The van der Waals surface area contributed by atoms with E-state index in [4.69, 9.17) is 21.4 Å². The van der Waals surface area contributed by atoms with Crippen LogP contribution in [0.5, 0.6) is 5.75 Å². The zero-order valence-corrected chi connectivity index (χ0v) is 12.6. The second kappa shape index (κ2) is 6.23. The van der Waals surface area contributed by atoms with Crippen molar-refractivity contribution < 1.29 is 24.2 Å². The Morgan fingerprint density at radius 1 is 1.32 bits per heavy atom. The number of benzene rings is 1. The van der Waals surface area contributed by atoms with Crippen molar-refractivity contribution in [3.63, 3.8) is 0 Å². The van der Waals surface area contributed by atoms with E-state index < -0.39 is 18.0 Å². The highest BCUT2D eigenvalue weighted by Gasteiger charge is 2.56. The summed E-state index contributed by atoms with van der Waals surface area (Å²) >= 11 is 5.97. The van der Waals surface area contributed by atoms with Gasteiger partial charge < -0.3 is 20.5 Å². The molecule has 0 aliphatic heterocycles. The van der Waals surface area contributed by atoms with Gasteiger partial charge in [-0.25, -0.2) is 4.79 Å². The van der Waals surface area contributed by atoms with Gasteiger partial charge in [0, 0.05) is 12.7 Å². The average Bonchev–Trinajstić information content (AvgIpc) is 3.27. The molecule has 2 amide bonds. The second-order valence-electron chi connectivity index (χ2n) is 4.94. The van der Waals surface area contributed by atoms with Crippen LogP contribution in [0, 0.1) is 5.41 Å². The lowest BCUT2D eigenvalue weighted by Crippen LogP contribution is -2.38. The molecule has 1 saturated carbocycles. The van der Waals surface area contributed by atoms with Crippen LogP contribution in [0.15, 0.2) is 18.2 Å². The third kappa shape index (κ3) is 3.30. The van der Waals surface area contributed by atoms with Crippen LogP contribution in [0.2, 0.25) is 5.02 Å². The average molecular weight is 327 g/mol. The highest BCUT2D eigenvalue weighted by molar-refractivity contribution is 6.32. The van der Waals surface area contributed by atoms with E-state index in [0.717, 1.165) is 0 Å². The predicted molar refractivity (Wildman–Crippen MR) is 78.9 cm³/mol. The maximum atomic E-state index is 12.2. The standard InChI is InChI=1S/C14H15ClN2O5/c1-16-12(20)14(4-5-14)13(21)17-8-2-3-10(9(15)6-8)22-7-11(18)19/h2-3,6H,4-5,7H2,1H3,(H,16,20)(H,17,21)(H,18,19). The highest BCUT2D eigenvalue weighted by atomic mass is 35.5. The van der Waals surface area contributed by atoms with E-state index in [2.05, 4.69) is 10.6 Å². The number of carboxylic acid groups (broad SMARTS) is 1. The summed E-state index contributed by atoms with van der Waals surface area (Å²) in [6.45, 7) is -0.509. The van der Waals surface area contributed by atoms with E-state index in [1.807, 2.05) is 0 Å². The summed E-state index contributed by atoms with van der Waals surface area (Å²) in [5.41, 5.74) is -0.590. The van der Waals surface area contributed by atoms with Crippen LogP contribution in [0.3, 0.4) is 0 Å². The topological polar surface area (TPSA) is 105 Å². The Morgan fingerprint density at radius 2 is 2.00 bits per heavy atom. The van der Waals surface area contributed by atoms with E-state index in [1.54, 1.807) is 0 Å². The summed E-state index contributed by atoms with van der Waals surface area (Å²) in [6.07, 6.45) is 1.01. The van der Waals surface area contributed by atoms with Crippen molar-refractivity contribution in [3.8, 4) is 5.75 Å². The van der Waals surface area contributed by atoms with Gasteiger partial charge in [0.15, 0.2) is 6.61 Å². The Balaban J connectivity index is 2.05. The Morgan fingerprint density at radius 3 is 2.50 bits per heavy atom. The molecule has 0 bridgehead atoms. The minimum absolute atomic E-state index is 0.170. The van der Waals surface area contributed by atoms with Gasteiger partial charge in [0.25, 0.3) is 0 Å². The van der Waals surface area contributed by atoms with E-state index >= 15 is 0 Å². The maximum Gasteiger partial charge on any atom is 0.341 e. The molecule has 2 rings (SSSR count). The molecular formula is C14H15ClN2O5. The van der Waals surface area contributed by atoms with Gasteiger partial charge in [-0.2, -0.15) is 0 Å². The van der Waals surface area contributed by atoms with Crippen LogP contribution in [-0.2, 0) is 14.4 Å². The van der Waals surface area contributed by atoms with Gasteiger partial charge in [-0.1, -0.05) is 11.6 Å². The van der Waals surface area contributed by atoms with Crippen LogP contribution in [-0.4, -0.2) is 36.5 Å². The normalized spacial score (nSPS) is 14.8. The first-order valence-corrected chi connectivity index (χ1v) is 6.94. The molecule has 0 spiro atoms. The van der Waals surface area contributed by atoms with E-state index in [0.29, 0.717) is 18.5 Å². The number of halogens is 1. The first-order chi connectivity index (χ1) is 10.4. The zero-order valence-electron chi connectivity index (χ0n) is 11.8. The van der Waals surface area contributed by atoms with Gasteiger partial charge in [-0.15, -0.1) is 0 Å². The number of amides is 2. The van der Waals surface area contributed by atoms with Crippen molar-refractivity contribution >= 4 is 35.1 Å². The third-order valence-electron chi connectivity index (χ3n) is 3.39. The number of ether oxygens (including phenoxy) is 1. The number of anilines is 1. The molecule has 1 aliphatic carbocycles. The van der Waals surface area contributed by atoms with Crippen molar-refractivity contribution in [1.29, 1.82) is 0 Å². The summed E-state index contributed by atoms with van der Waals surface area (Å²) in [7, 11) is 1.49. The van der Waals surface area contributed by atoms with Gasteiger partial charge in [0.2, 0.25) is 11.8 Å². The fourth-order valence-corrected chi connectivity index (χ4v) is 2.24. The first-order valence-electron chi connectivity index (χ1n) is 6.57. The number of rotatable bonds is 6. The van der Waals surface area contributed by atoms with Crippen molar-refractivity contribution in [3.05, 3.63) is 23.2 Å². The van der Waals surface area contributed by atoms with Crippen molar-refractivity contribution in [2.75, 3.05) is 19.0 Å². The Hall–Kier alpha value is -2.28. The summed E-state index contributed by atoms with van der Waals surface area (Å²) in [6, 6.07) is 4.43. The Kier molecular flexibility index (Phi) is 4.56. The van der Waals surface area contributed by atoms with Crippen LogP contribution in [0.25, 0.3) is 0 Å². The predicted octanol–water partition coefficient (Wildman–Crippen LogP) is 1.27. The second-order valence-corrected chi connectivity index (χ2v) is 5.35.